The van der Waals surface area contributed by atoms with Gasteiger partial charge in [-0.15, -0.1) is 0 Å². The third kappa shape index (κ3) is 4.52. The quantitative estimate of drug-likeness (QED) is 0.614. The minimum Gasteiger partial charge on any atom is -0.481 e. The number of nitrogens with zero attached hydrogens (tertiary/aromatic N) is 1. The number of benzene rings is 2. The van der Waals surface area contributed by atoms with Crippen molar-refractivity contribution in [3.63, 3.8) is 0 Å². The summed E-state index contributed by atoms with van der Waals surface area (Å²) in [5, 5.41) is 12.0. The van der Waals surface area contributed by atoms with Gasteiger partial charge >= 0.3 is 12.1 Å². The number of ether oxygens (including phenoxy) is 1. The van der Waals surface area contributed by atoms with Crippen LogP contribution in [-0.2, 0) is 14.3 Å². The van der Waals surface area contributed by atoms with Crippen molar-refractivity contribution in [2.45, 2.75) is 56.5 Å². The van der Waals surface area contributed by atoms with Crippen LogP contribution in [0.25, 0.3) is 11.1 Å². The van der Waals surface area contributed by atoms with Crippen LogP contribution in [0.1, 0.15) is 55.6 Å². The molecule has 2 aromatic carbocycles. The van der Waals surface area contributed by atoms with Crippen molar-refractivity contribution in [3.8, 4) is 11.1 Å². The number of rotatable bonds is 8. The van der Waals surface area contributed by atoms with Gasteiger partial charge in [-0.2, -0.15) is 0 Å². The van der Waals surface area contributed by atoms with E-state index in [9.17, 15) is 14.4 Å². The Morgan fingerprint density at radius 3 is 2.21 bits per heavy atom. The third-order valence-corrected chi connectivity index (χ3v) is 7.32. The van der Waals surface area contributed by atoms with Crippen LogP contribution in [0.4, 0.5) is 4.79 Å². The Morgan fingerprint density at radius 2 is 1.59 bits per heavy atom. The van der Waals surface area contributed by atoms with Gasteiger partial charge in [0.2, 0.25) is 5.91 Å². The Labute approximate surface area is 199 Å². The molecule has 0 saturated heterocycles. The predicted molar refractivity (Wildman–Crippen MR) is 126 cm³/mol. The van der Waals surface area contributed by atoms with Crippen LogP contribution in [0, 0.1) is 5.92 Å². The fraction of sp³-hybridized carbons (Fsp3) is 0.444. The van der Waals surface area contributed by atoms with Gasteiger partial charge in [0.15, 0.2) is 0 Å². The number of carboxylic acid groups (broad SMARTS) is 1. The lowest BCUT2D eigenvalue weighted by Crippen LogP contribution is -2.47. The van der Waals surface area contributed by atoms with E-state index in [2.05, 4.69) is 29.6 Å². The Bertz CT molecular complexity index is 1050. The molecule has 0 spiro atoms. The highest BCUT2D eigenvalue weighted by Gasteiger charge is 2.41. The van der Waals surface area contributed by atoms with Crippen molar-refractivity contribution >= 4 is 18.0 Å². The van der Waals surface area contributed by atoms with Gasteiger partial charge in [0.05, 0.1) is 12.3 Å². The SMILES string of the molecule is O=C(O)CCN(C(=O)C1CCCC1NC(=O)OCC1c2ccccc2-c2ccccc21)C1CC1. The molecule has 2 N–H and O–H groups in total. The van der Waals surface area contributed by atoms with E-state index >= 15 is 0 Å². The van der Waals surface area contributed by atoms with Crippen LogP contribution in [0.5, 0.6) is 0 Å². The highest BCUT2D eigenvalue weighted by molar-refractivity contribution is 5.82. The lowest BCUT2D eigenvalue weighted by atomic mass is 9.98. The molecule has 3 aliphatic carbocycles. The van der Waals surface area contributed by atoms with Gasteiger partial charge in [-0.3, -0.25) is 9.59 Å². The molecule has 7 heteroatoms. The van der Waals surface area contributed by atoms with Crippen molar-refractivity contribution in [1.82, 2.24) is 10.2 Å². The number of hydrogen-bond donors (Lipinski definition) is 2. The summed E-state index contributed by atoms with van der Waals surface area (Å²) in [6, 6.07) is 16.3. The van der Waals surface area contributed by atoms with Gasteiger partial charge in [0.25, 0.3) is 0 Å². The standard InChI is InChI=1S/C27H30N2O5/c30-25(31)14-15-29(17-12-13-17)26(32)22-10-5-11-24(22)28-27(33)34-16-23-20-8-3-1-6-18(20)19-7-2-4-9-21(19)23/h1-4,6-9,17,22-24H,5,10-16H2,(H,28,33)(H,30,31). The van der Waals surface area contributed by atoms with Crippen molar-refractivity contribution in [2.24, 2.45) is 5.92 Å². The van der Waals surface area contributed by atoms with E-state index in [1.54, 1.807) is 4.90 Å². The molecular weight excluding hydrogens is 432 g/mol. The number of aliphatic carboxylic acids is 1. The fourth-order valence-electron chi connectivity index (χ4n) is 5.51. The zero-order chi connectivity index (χ0) is 23.7. The summed E-state index contributed by atoms with van der Waals surface area (Å²) in [6.45, 7) is 0.463. The number of carboxylic acids is 1. The number of carbonyl (C=O) groups is 3. The van der Waals surface area contributed by atoms with E-state index in [0.29, 0.717) is 6.42 Å². The smallest absolute Gasteiger partial charge is 0.407 e. The molecule has 178 valence electrons. The number of carbonyl (C=O) groups excluding carboxylic acids is 2. The first-order valence-corrected chi connectivity index (χ1v) is 12.2. The van der Waals surface area contributed by atoms with Crippen LogP contribution in [0.3, 0.4) is 0 Å². The molecule has 0 bridgehead atoms. The van der Waals surface area contributed by atoms with Crippen LogP contribution in [0.2, 0.25) is 0 Å². The normalized spacial score (nSPS) is 20.9. The number of amides is 2. The van der Waals surface area contributed by atoms with Gasteiger partial charge < -0.3 is 20.1 Å². The molecule has 2 atom stereocenters. The summed E-state index contributed by atoms with van der Waals surface area (Å²) in [4.78, 5) is 38.7. The Morgan fingerprint density at radius 1 is 0.941 bits per heavy atom. The molecule has 0 aliphatic heterocycles. The number of fused-ring (bicyclic) bond motifs is 3. The first-order valence-electron chi connectivity index (χ1n) is 12.2. The molecule has 3 aliphatic rings. The topological polar surface area (TPSA) is 95.9 Å². The van der Waals surface area contributed by atoms with E-state index < -0.39 is 12.1 Å². The molecule has 0 radical (unpaired) electrons. The molecule has 34 heavy (non-hydrogen) atoms. The molecular formula is C27H30N2O5. The van der Waals surface area contributed by atoms with Crippen LogP contribution in [0.15, 0.2) is 48.5 Å². The second-order valence-electron chi connectivity index (χ2n) is 9.52. The van der Waals surface area contributed by atoms with Crippen molar-refractivity contribution in [3.05, 3.63) is 59.7 Å². The lowest BCUT2D eigenvalue weighted by Gasteiger charge is -2.28. The molecule has 2 saturated carbocycles. The first kappa shape index (κ1) is 22.4. The van der Waals surface area contributed by atoms with Gasteiger partial charge in [0, 0.05) is 24.5 Å². The highest BCUT2D eigenvalue weighted by Crippen LogP contribution is 2.44. The largest absolute Gasteiger partial charge is 0.481 e. The van der Waals surface area contributed by atoms with Gasteiger partial charge in [-0.1, -0.05) is 55.0 Å². The Kier molecular flexibility index (Phi) is 6.26. The van der Waals surface area contributed by atoms with E-state index in [0.717, 1.165) is 36.8 Å². The molecule has 5 rings (SSSR count). The average molecular weight is 463 g/mol. The highest BCUT2D eigenvalue weighted by atomic mass is 16.5. The summed E-state index contributed by atoms with van der Waals surface area (Å²) in [5.41, 5.74) is 4.66. The van der Waals surface area contributed by atoms with Gasteiger partial charge in [-0.05, 0) is 47.9 Å². The summed E-state index contributed by atoms with van der Waals surface area (Å²) < 4.78 is 5.68. The Hall–Kier alpha value is -3.35. The maximum absolute atomic E-state index is 13.2. The Balaban J connectivity index is 1.21. The van der Waals surface area contributed by atoms with Crippen LogP contribution < -0.4 is 5.32 Å². The minimum absolute atomic E-state index is 0.0134. The van der Waals surface area contributed by atoms with Gasteiger partial charge in [-0.25, -0.2) is 4.79 Å². The molecule has 7 nitrogen and oxygen atoms in total. The zero-order valence-corrected chi connectivity index (χ0v) is 19.1. The summed E-state index contributed by atoms with van der Waals surface area (Å²) in [6.07, 6.45) is 3.55. The number of alkyl carbamates (subject to hydrolysis) is 1. The molecule has 2 amide bonds. The molecule has 0 heterocycles. The van der Waals surface area contributed by atoms with Crippen LogP contribution >= 0.6 is 0 Å². The maximum atomic E-state index is 13.2. The second-order valence-corrected chi connectivity index (χ2v) is 9.52. The second kappa shape index (κ2) is 9.49. The third-order valence-electron chi connectivity index (χ3n) is 7.32. The van der Waals surface area contributed by atoms with Gasteiger partial charge in [0.1, 0.15) is 6.61 Å². The molecule has 2 fully saturated rings. The van der Waals surface area contributed by atoms with Crippen molar-refractivity contribution in [2.75, 3.05) is 13.2 Å². The summed E-state index contributed by atoms with van der Waals surface area (Å²) in [5.74, 6) is -1.28. The van der Waals surface area contributed by atoms with Crippen LogP contribution in [-0.4, -0.2) is 53.2 Å². The lowest BCUT2D eigenvalue weighted by molar-refractivity contribution is -0.140. The van der Waals surface area contributed by atoms with E-state index in [1.165, 1.54) is 11.1 Å². The summed E-state index contributed by atoms with van der Waals surface area (Å²) in [7, 11) is 0. The number of hydrogen-bond acceptors (Lipinski definition) is 4. The fourth-order valence-corrected chi connectivity index (χ4v) is 5.51. The molecule has 2 aromatic rings. The maximum Gasteiger partial charge on any atom is 0.407 e. The number of nitrogens with one attached hydrogen (secondary N) is 1. The van der Waals surface area contributed by atoms with E-state index in [1.807, 2.05) is 24.3 Å². The van der Waals surface area contributed by atoms with E-state index in [-0.39, 0.29) is 49.4 Å². The molecule has 2 unspecified atom stereocenters. The minimum atomic E-state index is -0.904. The van der Waals surface area contributed by atoms with E-state index in [4.69, 9.17) is 9.84 Å². The van der Waals surface area contributed by atoms with Crippen molar-refractivity contribution < 1.29 is 24.2 Å². The predicted octanol–water partition coefficient (Wildman–Crippen LogP) is 4.16. The van der Waals surface area contributed by atoms with Crippen molar-refractivity contribution in [1.29, 1.82) is 0 Å². The molecule has 0 aromatic heterocycles. The average Bonchev–Trinajstić information content (AvgIpc) is 3.48. The zero-order valence-electron chi connectivity index (χ0n) is 19.1. The first-order chi connectivity index (χ1) is 16.5. The summed E-state index contributed by atoms with van der Waals surface area (Å²) >= 11 is 0. The monoisotopic (exact) mass is 462 g/mol.